The van der Waals surface area contributed by atoms with Crippen LogP contribution < -0.4 is 5.32 Å². The Morgan fingerprint density at radius 3 is 2.60 bits per heavy atom. The van der Waals surface area contributed by atoms with E-state index in [1.54, 1.807) is 0 Å². The second-order valence-corrected chi connectivity index (χ2v) is 4.98. The number of aliphatic imine (C=N–C) groups is 1. The molecule has 1 saturated heterocycles. The topological polar surface area (TPSA) is 53.7 Å². The lowest BCUT2D eigenvalue weighted by Crippen LogP contribution is -2.39. The van der Waals surface area contributed by atoms with Gasteiger partial charge in [0.05, 0.1) is 5.69 Å². The summed E-state index contributed by atoms with van der Waals surface area (Å²) in [7, 11) is 0. The highest BCUT2D eigenvalue weighted by Crippen LogP contribution is 2.13. The molecule has 2 heterocycles. The molecule has 1 aliphatic heterocycles. The number of guanidine groups is 1. The molecule has 1 fully saturated rings. The second-order valence-electron chi connectivity index (χ2n) is 4.98. The van der Waals surface area contributed by atoms with E-state index in [1.165, 1.54) is 18.4 Å². The van der Waals surface area contributed by atoms with Crippen LogP contribution in [-0.4, -0.2) is 42.2 Å². The zero-order valence-corrected chi connectivity index (χ0v) is 14.9. The molecular weight excluding hydrogens is 367 g/mol. The van der Waals surface area contributed by atoms with Crippen molar-refractivity contribution in [1.29, 1.82) is 0 Å². The Labute approximate surface area is 138 Å². The first-order valence-electron chi connectivity index (χ1n) is 7.17. The molecule has 1 aliphatic rings. The van der Waals surface area contributed by atoms with Crippen molar-refractivity contribution < 1.29 is 4.52 Å². The molecular formula is C14H25IN4O. The van der Waals surface area contributed by atoms with E-state index in [2.05, 4.69) is 22.3 Å². The number of rotatable bonds is 4. The summed E-state index contributed by atoms with van der Waals surface area (Å²) in [5.41, 5.74) is 2.18. The van der Waals surface area contributed by atoms with Crippen molar-refractivity contribution in [3.8, 4) is 0 Å². The zero-order valence-electron chi connectivity index (χ0n) is 12.6. The number of nitrogens with zero attached hydrogens (tertiary/aromatic N) is 3. The van der Waals surface area contributed by atoms with E-state index < -0.39 is 0 Å². The molecule has 0 atom stereocenters. The van der Waals surface area contributed by atoms with Crippen molar-refractivity contribution in [3.63, 3.8) is 0 Å². The average Bonchev–Trinajstić information content (AvgIpc) is 3.02. The first-order valence-corrected chi connectivity index (χ1v) is 7.17. The molecule has 0 aliphatic carbocycles. The van der Waals surface area contributed by atoms with Crippen LogP contribution in [0.2, 0.25) is 0 Å². The number of aryl methyl sites for hydroxylation is 2. The lowest BCUT2D eigenvalue weighted by atomic mass is 10.1. The Kier molecular flexibility index (Phi) is 7.32. The molecule has 0 radical (unpaired) electrons. The minimum atomic E-state index is 0. The molecule has 1 aromatic rings. The van der Waals surface area contributed by atoms with E-state index in [0.29, 0.717) is 0 Å². The Hall–Kier alpha value is -0.790. The van der Waals surface area contributed by atoms with Gasteiger partial charge in [0.25, 0.3) is 0 Å². The highest BCUT2D eigenvalue weighted by atomic mass is 127. The van der Waals surface area contributed by atoms with Gasteiger partial charge in [-0.1, -0.05) is 5.16 Å². The van der Waals surface area contributed by atoms with Gasteiger partial charge in [0, 0.05) is 31.7 Å². The quantitative estimate of drug-likeness (QED) is 0.486. The largest absolute Gasteiger partial charge is 0.361 e. The summed E-state index contributed by atoms with van der Waals surface area (Å²) in [6.45, 7) is 10.0. The van der Waals surface area contributed by atoms with Crippen LogP contribution in [-0.2, 0) is 6.42 Å². The molecule has 0 unspecified atom stereocenters. The molecule has 1 aromatic heterocycles. The Morgan fingerprint density at radius 2 is 2.05 bits per heavy atom. The Bertz CT molecular complexity index is 419. The van der Waals surface area contributed by atoms with Crippen molar-refractivity contribution in [2.75, 3.05) is 26.2 Å². The lowest BCUT2D eigenvalue weighted by Gasteiger charge is -2.20. The van der Waals surface area contributed by atoms with Crippen molar-refractivity contribution in [1.82, 2.24) is 15.4 Å². The maximum Gasteiger partial charge on any atom is 0.193 e. The van der Waals surface area contributed by atoms with Crippen molar-refractivity contribution >= 4 is 29.9 Å². The third-order valence-corrected chi connectivity index (χ3v) is 3.55. The van der Waals surface area contributed by atoms with E-state index in [1.807, 2.05) is 13.8 Å². The molecule has 0 bridgehead atoms. The van der Waals surface area contributed by atoms with Crippen LogP contribution in [0.1, 0.15) is 36.8 Å². The van der Waals surface area contributed by atoms with Crippen LogP contribution in [0.4, 0.5) is 0 Å². The van der Waals surface area contributed by atoms with Crippen LogP contribution in [0.5, 0.6) is 0 Å². The normalized spacial score (nSPS) is 15.3. The van der Waals surface area contributed by atoms with Gasteiger partial charge in [-0.2, -0.15) is 0 Å². The smallest absolute Gasteiger partial charge is 0.193 e. The molecule has 6 heteroatoms. The third-order valence-electron chi connectivity index (χ3n) is 3.55. The summed E-state index contributed by atoms with van der Waals surface area (Å²) in [4.78, 5) is 7.06. The monoisotopic (exact) mass is 392 g/mol. The summed E-state index contributed by atoms with van der Waals surface area (Å²) >= 11 is 0. The van der Waals surface area contributed by atoms with Crippen LogP contribution in [0.3, 0.4) is 0 Å². The lowest BCUT2D eigenvalue weighted by molar-refractivity contribution is 0.392. The molecule has 5 nitrogen and oxygen atoms in total. The van der Waals surface area contributed by atoms with E-state index in [9.17, 15) is 0 Å². The van der Waals surface area contributed by atoms with Crippen LogP contribution in [0.15, 0.2) is 9.52 Å². The Morgan fingerprint density at radius 1 is 1.35 bits per heavy atom. The number of likely N-dealkylation sites (tertiary alicyclic amines) is 1. The molecule has 0 spiro atoms. The number of halogens is 1. The molecule has 20 heavy (non-hydrogen) atoms. The van der Waals surface area contributed by atoms with Gasteiger partial charge in [-0.05, 0) is 40.0 Å². The summed E-state index contributed by atoms with van der Waals surface area (Å²) in [6.07, 6.45) is 3.44. The van der Waals surface area contributed by atoms with Gasteiger partial charge in [0.15, 0.2) is 5.96 Å². The minimum absolute atomic E-state index is 0. The SMILES string of the molecule is CCNC(=NCCc1c(C)noc1C)N1CCCC1.I. The molecule has 1 N–H and O–H groups in total. The van der Waals surface area contributed by atoms with Gasteiger partial charge < -0.3 is 14.7 Å². The first-order chi connectivity index (χ1) is 9.22. The highest BCUT2D eigenvalue weighted by Gasteiger charge is 2.15. The van der Waals surface area contributed by atoms with Crippen molar-refractivity contribution in [2.45, 2.75) is 40.0 Å². The van der Waals surface area contributed by atoms with E-state index in [0.717, 1.165) is 50.0 Å². The predicted molar refractivity (Wildman–Crippen MR) is 91.9 cm³/mol. The van der Waals surface area contributed by atoms with Gasteiger partial charge in [-0.3, -0.25) is 4.99 Å². The fourth-order valence-electron chi connectivity index (χ4n) is 2.49. The fourth-order valence-corrected chi connectivity index (χ4v) is 2.49. The van der Waals surface area contributed by atoms with Crippen LogP contribution in [0, 0.1) is 13.8 Å². The van der Waals surface area contributed by atoms with Crippen LogP contribution >= 0.6 is 24.0 Å². The van der Waals surface area contributed by atoms with Gasteiger partial charge >= 0.3 is 0 Å². The van der Waals surface area contributed by atoms with Crippen molar-refractivity contribution in [3.05, 3.63) is 17.0 Å². The Balaban J connectivity index is 0.00000200. The molecule has 0 saturated carbocycles. The summed E-state index contributed by atoms with van der Waals surface area (Å²) in [5.74, 6) is 1.96. The predicted octanol–water partition coefficient (Wildman–Crippen LogP) is 2.51. The van der Waals surface area contributed by atoms with E-state index in [-0.39, 0.29) is 24.0 Å². The third kappa shape index (κ3) is 4.36. The summed E-state index contributed by atoms with van der Waals surface area (Å²) in [5, 5.41) is 7.35. The molecule has 0 aromatic carbocycles. The average molecular weight is 392 g/mol. The standard InChI is InChI=1S/C14H24N4O.HI/c1-4-15-14(18-9-5-6-10-18)16-8-7-13-11(2)17-19-12(13)3;/h4-10H2,1-3H3,(H,15,16);1H. The molecule has 2 rings (SSSR count). The van der Waals surface area contributed by atoms with Gasteiger partial charge in [-0.15, -0.1) is 24.0 Å². The maximum absolute atomic E-state index is 5.18. The van der Waals surface area contributed by atoms with Gasteiger partial charge in [-0.25, -0.2) is 0 Å². The van der Waals surface area contributed by atoms with Crippen LogP contribution in [0.25, 0.3) is 0 Å². The zero-order chi connectivity index (χ0) is 13.7. The van der Waals surface area contributed by atoms with Gasteiger partial charge in [0.2, 0.25) is 0 Å². The first kappa shape index (κ1) is 17.3. The second kappa shape index (κ2) is 8.49. The summed E-state index contributed by atoms with van der Waals surface area (Å²) in [6, 6.07) is 0. The molecule has 0 amide bonds. The fraction of sp³-hybridized carbons (Fsp3) is 0.714. The molecule has 114 valence electrons. The number of hydrogen-bond acceptors (Lipinski definition) is 3. The van der Waals surface area contributed by atoms with E-state index >= 15 is 0 Å². The van der Waals surface area contributed by atoms with Crippen molar-refractivity contribution in [2.24, 2.45) is 4.99 Å². The van der Waals surface area contributed by atoms with Gasteiger partial charge in [0.1, 0.15) is 5.76 Å². The van der Waals surface area contributed by atoms with E-state index in [4.69, 9.17) is 9.52 Å². The highest BCUT2D eigenvalue weighted by molar-refractivity contribution is 14.0. The maximum atomic E-state index is 5.18. The summed E-state index contributed by atoms with van der Waals surface area (Å²) < 4.78 is 5.18. The number of hydrogen-bond donors (Lipinski definition) is 1. The number of nitrogens with one attached hydrogen (secondary N) is 1. The minimum Gasteiger partial charge on any atom is -0.361 e. The number of aromatic nitrogens is 1.